The molecule has 1 aliphatic rings. The van der Waals surface area contributed by atoms with Crippen LogP contribution in [0.3, 0.4) is 0 Å². The summed E-state index contributed by atoms with van der Waals surface area (Å²) in [5, 5.41) is 30.5. The SMILES string of the molecule is CC(C)(C)c1ccc(-c2cc(C(O)/C=C\c3ccc(C(=O)O)c(O)c3)cc3c2C(C)(C)CCC3(C)C)cc1. The number of hydrogen-bond acceptors (Lipinski definition) is 3. The molecule has 3 N–H and O–H groups in total. The maximum atomic E-state index is 11.3. The van der Waals surface area contributed by atoms with Crippen LogP contribution >= 0.6 is 0 Å². The second-order valence-corrected chi connectivity index (χ2v) is 13.0. The Bertz CT molecular complexity index is 1390. The molecular formula is C34H40O4. The summed E-state index contributed by atoms with van der Waals surface area (Å²) in [6.45, 7) is 15.8. The largest absolute Gasteiger partial charge is 0.507 e. The van der Waals surface area contributed by atoms with Crippen LogP contribution < -0.4 is 0 Å². The van der Waals surface area contributed by atoms with Crippen LogP contribution in [0.15, 0.2) is 60.7 Å². The van der Waals surface area contributed by atoms with Crippen molar-refractivity contribution in [3.63, 3.8) is 0 Å². The monoisotopic (exact) mass is 512 g/mol. The van der Waals surface area contributed by atoms with Gasteiger partial charge in [-0.2, -0.15) is 0 Å². The summed E-state index contributed by atoms with van der Waals surface area (Å²) in [5.41, 5.74) is 7.54. The number of carbonyl (C=O) groups is 1. The number of fused-ring (bicyclic) bond motifs is 1. The highest BCUT2D eigenvalue weighted by Crippen LogP contribution is 2.50. The van der Waals surface area contributed by atoms with Gasteiger partial charge in [-0.3, -0.25) is 0 Å². The topological polar surface area (TPSA) is 77.8 Å². The van der Waals surface area contributed by atoms with Crippen LogP contribution in [0, 0.1) is 0 Å². The van der Waals surface area contributed by atoms with E-state index in [1.165, 1.54) is 28.8 Å². The summed E-state index contributed by atoms with van der Waals surface area (Å²) in [6.07, 6.45) is 4.69. The predicted molar refractivity (Wildman–Crippen MR) is 155 cm³/mol. The molecule has 4 nitrogen and oxygen atoms in total. The zero-order chi connectivity index (χ0) is 28.0. The Labute approximate surface area is 226 Å². The fourth-order valence-electron chi connectivity index (χ4n) is 5.51. The third kappa shape index (κ3) is 5.42. The number of aliphatic hydroxyl groups excluding tert-OH is 1. The zero-order valence-electron chi connectivity index (χ0n) is 23.6. The molecule has 0 amide bonds. The number of aromatic hydroxyl groups is 1. The standard InChI is InChI=1S/C34H40O4/c1-32(2,3)24-12-10-22(11-13-24)26-19-23(20-27-30(26)34(6,7)17-16-33(27,4)5)28(35)15-9-21-8-14-25(31(37)38)29(36)18-21/h8-15,18-20,28,35-36H,16-17H2,1-7H3,(H,37,38)/b15-9-. The lowest BCUT2D eigenvalue weighted by Gasteiger charge is -2.43. The van der Waals surface area contributed by atoms with Crippen LogP contribution in [0.4, 0.5) is 0 Å². The minimum atomic E-state index is -1.18. The Morgan fingerprint density at radius 1 is 0.921 bits per heavy atom. The van der Waals surface area contributed by atoms with Crippen molar-refractivity contribution in [1.29, 1.82) is 0 Å². The quantitative estimate of drug-likeness (QED) is 0.322. The van der Waals surface area contributed by atoms with Gasteiger partial charge in [0.2, 0.25) is 0 Å². The van der Waals surface area contributed by atoms with E-state index in [2.05, 4.69) is 84.9 Å². The molecule has 1 aliphatic carbocycles. The van der Waals surface area contributed by atoms with Crippen molar-refractivity contribution in [2.24, 2.45) is 0 Å². The molecular weight excluding hydrogens is 472 g/mol. The molecule has 1 unspecified atom stereocenters. The first-order valence-corrected chi connectivity index (χ1v) is 13.3. The number of carboxylic acid groups (broad SMARTS) is 1. The van der Waals surface area contributed by atoms with Gasteiger partial charge < -0.3 is 15.3 Å². The molecule has 0 radical (unpaired) electrons. The molecule has 1 atom stereocenters. The summed E-state index contributed by atoms with van der Waals surface area (Å²) >= 11 is 0. The van der Waals surface area contributed by atoms with E-state index < -0.39 is 12.1 Å². The molecule has 200 valence electrons. The summed E-state index contributed by atoms with van der Waals surface area (Å²) in [7, 11) is 0. The zero-order valence-corrected chi connectivity index (χ0v) is 23.6. The van der Waals surface area contributed by atoms with Crippen molar-refractivity contribution in [1.82, 2.24) is 0 Å². The van der Waals surface area contributed by atoms with Gasteiger partial charge in [-0.25, -0.2) is 4.79 Å². The number of aromatic carboxylic acids is 1. The van der Waals surface area contributed by atoms with E-state index in [0.717, 1.165) is 29.5 Å². The van der Waals surface area contributed by atoms with Crippen LogP contribution in [0.25, 0.3) is 17.2 Å². The summed E-state index contributed by atoms with van der Waals surface area (Å²) in [6, 6.07) is 17.5. The molecule has 0 aliphatic heterocycles. The molecule has 0 saturated carbocycles. The molecule has 0 aromatic heterocycles. The van der Waals surface area contributed by atoms with Crippen molar-refractivity contribution in [3.8, 4) is 16.9 Å². The lowest BCUT2D eigenvalue weighted by molar-refractivity contribution is 0.0693. The molecule has 0 saturated heterocycles. The van der Waals surface area contributed by atoms with Crippen LogP contribution in [0.2, 0.25) is 0 Å². The molecule has 0 fully saturated rings. The Kier molecular flexibility index (Phi) is 7.09. The minimum Gasteiger partial charge on any atom is -0.507 e. The maximum absolute atomic E-state index is 11.3. The smallest absolute Gasteiger partial charge is 0.339 e. The fraction of sp³-hybridized carbons (Fsp3) is 0.382. The van der Waals surface area contributed by atoms with E-state index in [0.29, 0.717) is 5.56 Å². The Morgan fingerprint density at radius 3 is 2.13 bits per heavy atom. The average molecular weight is 513 g/mol. The van der Waals surface area contributed by atoms with Crippen LogP contribution in [0.5, 0.6) is 5.75 Å². The third-order valence-electron chi connectivity index (χ3n) is 8.07. The summed E-state index contributed by atoms with van der Waals surface area (Å²) in [4.78, 5) is 11.2. The van der Waals surface area contributed by atoms with Gasteiger partial charge in [-0.05, 0) is 86.2 Å². The van der Waals surface area contributed by atoms with Gasteiger partial charge in [-0.15, -0.1) is 0 Å². The van der Waals surface area contributed by atoms with Gasteiger partial charge in [-0.1, -0.05) is 97.0 Å². The Hall–Kier alpha value is -3.37. The van der Waals surface area contributed by atoms with Crippen LogP contribution in [0.1, 0.15) is 106 Å². The molecule has 3 aromatic rings. The molecule has 4 rings (SSSR count). The molecule has 0 bridgehead atoms. The fourth-order valence-corrected chi connectivity index (χ4v) is 5.51. The number of hydrogen-bond donors (Lipinski definition) is 3. The molecule has 0 heterocycles. The number of rotatable bonds is 5. The summed E-state index contributed by atoms with van der Waals surface area (Å²) < 4.78 is 0. The number of benzene rings is 3. The first kappa shape index (κ1) is 27.7. The summed E-state index contributed by atoms with van der Waals surface area (Å²) in [5.74, 6) is -1.48. The first-order chi connectivity index (χ1) is 17.6. The predicted octanol–water partition coefficient (Wildman–Crippen LogP) is 8.15. The molecule has 38 heavy (non-hydrogen) atoms. The molecule has 0 spiro atoms. The van der Waals surface area contributed by atoms with Crippen molar-refractivity contribution < 1.29 is 20.1 Å². The highest BCUT2D eigenvalue weighted by molar-refractivity contribution is 5.91. The van der Waals surface area contributed by atoms with Crippen molar-refractivity contribution in [2.75, 3.05) is 0 Å². The van der Waals surface area contributed by atoms with E-state index in [1.807, 2.05) is 0 Å². The van der Waals surface area contributed by atoms with Gasteiger partial charge in [0.05, 0.1) is 6.10 Å². The van der Waals surface area contributed by atoms with Crippen molar-refractivity contribution in [2.45, 2.75) is 83.7 Å². The van der Waals surface area contributed by atoms with E-state index in [9.17, 15) is 15.0 Å². The van der Waals surface area contributed by atoms with Gasteiger partial charge in [0.25, 0.3) is 0 Å². The molecule has 4 heteroatoms. The van der Waals surface area contributed by atoms with E-state index in [4.69, 9.17) is 5.11 Å². The lowest BCUT2D eigenvalue weighted by atomic mass is 9.61. The third-order valence-corrected chi connectivity index (χ3v) is 8.07. The van der Waals surface area contributed by atoms with Crippen molar-refractivity contribution in [3.05, 3.63) is 94.1 Å². The first-order valence-electron chi connectivity index (χ1n) is 13.3. The molecule has 3 aromatic carbocycles. The maximum Gasteiger partial charge on any atom is 0.339 e. The highest BCUT2D eigenvalue weighted by Gasteiger charge is 2.39. The van der Waals surface area contributed by atoms with E-state index >= 15 is 0 Å². The van der Waals surface area contributed by atoms with E-state index in [-0.39, 0.29) is 27.6 Å². The minimum absolute atomic E-state index is 0.00558. The Morgan fingerprint density at radius 2 is 1.55 bits per heavy atom. The van der Waals surface area contributed by atoms with Crippen LogP contribution in [-0.4, -0.2) is 21.3 Å². The lowest BCUT2D eigenvalue weighted by Crippen LogP contribution is -2.34. The van der Waals surface area contributed by atoms with Gasteiger partial charge in [0.15, 0.2) is 0 Å². The van der Waals surface area contributed by atoms with Gasteiger partial charge in [0.1, 0.15) is 11.3 Å². The second-order valence-electron chi connectivity index (χ2n) is 13.0. The van der Waals surface area contributed by atoms with Crippen LogP contribution in [-0.2, 0) is 16.2 Å². The van der Waals surface area contributed by atoms with Crippen molar-refractivity contribution >= 4 is 12.0 Å². The van der Waals surface area contributed by atoms with Gasteiger partial charge >= 0.3 is 5.97 Å². The highest BCUT2D eigenvalue weighted by atomic mass is 16.4. The number of carboxylic acids is 1. The normalized spacial score (nSPS) is 17.3. The average Bonchev–Trinajstić information content (AvgIpc) is 2.84. The second kappa shape index (κ2) is 9.74. The number of phenols is 1. The number of aliphatic hydroxyl groups is 1. The Balaban J connectivity index is 1.81. The van der Waals surface area contributed by atoms with E-state index in [1.54, 1.807) is 18.2 Å². The van der Waals surface area contributed by atoms with Gasteiger partial charge in [0, 0.05) is 0 Å².